The van der Waals surface area contributed by atoms with Gasteiger partial charge in [-0.25, -0.2) is 0 Å². The van der Waals surface area contributed by atoms with E-state index in [-0.39, 0.29) is 12.1 Å². The molecule has 0 aromatic carbocycles. The molecule has 0 aliphatic heterocycles. The number of hydrogen-bond acceptors (Lipinski definition) is 3. The van der Waals surface area contributed by atoms with Crippen LogP contribution in [-0.4, -0.2) is 9.78 Å². The summed E-state index contributed by atoms with van der Waals surface area (Å²) < 4.78 is 7.28. The highest BCUT2D eigenvalue weighted by Crippen LogP contribution is 2.21. The van der Waals surface area contributed by atoms with Crippen molar-refractivity contribution in [3.8, 4) is 0 Å². The Morgan fingerprint density at radius 3 is 2.65 bits per heavy atom. The lowest BCUT2D eigenvalue weighted by Gasteiger charge is -2.18. The second-order valence-electron chi connectivity index (χ2n) is 4.43. The standard InChI is InChI=1S/C13H19N3O/c1-9(12-8-14-16(4)11(12)3)15-10(2)13-6-5-7-17-13/h5-10,15H,1-4H3. The van der Waals surface area contributed by atoms with Crippen LogP contribution in [0, 0.1) is 6.92 Å². The third-order valence-corrected chi connectivity index (χ3v) is 3.21. The smallest absolute Gasteiger partial charge is 0.120 e. The molecule has 0 aliphatic rings. The van der Waals surface area contributed by atoms with E-state index in [0.29, 0.717) is 0 Å². The summed E-state index contributed by atoms with van der Waals surface area (Å²) in [5.74, 6) is 0.957. The minimum atomic E-state index is 0.194. The average molecular weight is 233 g/mol. The van der Waals surface area contributed by atoms with Crippen molar-refractivity contribution in [2.75, 3.05) is 0 Å². The van der Waals surface area contributed by atoms with Crippen molar-refractivity contribution in [1.82, 2.24) is 15.1 Å². The SMILES string of the molecule is Cc1c(C(C)NC(C)c2ccco2)cnn1C. The number of aryl methyl sites for hydroxylation is 1. The lowest BCUT2D eigenvalue weighted by atomic mass is 10.1. The van der Waals surface area contributed by atoms with E-state index in [9.17, 15) is 0 Å². The lowest BCUT2D eigenvalue weighted by Crippen LogP contribution is -2.22. The van der Waals surface area contributed by atoms with Gasteiger partial charge in [-0.1, -0.05) is 0 Å². The molecule has 17 heavy (non-hydrogen) atoms. The first-order valence-corrected chi connectivity index (χ1v) is 5.87. The van der Waals surface area contributed by atoms with E-state index in [1.54, 1.807) is 6.26 Å². The molecular weight excluding hydrogens is 214 g/mol. The fraction of sp³-hybridized carbons (Fsp3) is 0.462. The maximum Gasteiger partial charge on any atom is 0.120 e. The van der Waals surface area contributed by atoms with Crippen LogP contribution < -0.4 is 5.32 Å². The zero-order valence-electron chi connectivity index (χ0n) is 10.8. The summed E-state index contributed by atoms with van der Waals surface area (Å²) in [6.45, 7) is 6.32. The Morgan fingerprint density at radius 2 is 2.12 bits per heavy atom. The first kappa shape index (κ1) is 11.9. The molecule has 4 nitrogen and oxygen atoms in total. The molecule has 4 heteroatoms. The van der Waals surface area contributed by atoms with Crippen molar-refractivity contribution in [2.45, 2.75) is 32.9 Å². The van der Waals surface area contributed by atoms with Crippen LogP contribution in [0.2, 0.25) is 0 Å². The Balaban J connectivity index is 2.07. The molecule has 92 valence electrons. The Kier molecular flexibility index (Phi) is 3.33. The zero-order valence-corrected chi connectivity index (χ0v) is 10.8. The summed E-state index contributed by atoms with van der Waals surface area (Å²) in [6, 6.07) is 4.34. The van der Waals surface area contributed by atoms with Crippen LogP contribution in [0.25, 0.3) is 0 Å². The number of nitrogens with one attached hydrogen (secondary N) is 1. The number of rotatable bonds is 4. The van der Waals surface area contributed by atoms with Gasteiger partial charge in [0.05, 0.1) is 18.5 Å². The first-order chi connectivity index (χ1) is 8.09. The van der Waals surface area contributed by atoms with Gasteiger partial charge < -0.3 is 9.73 Å². The van der Waals surface area contributed by atoms with Gasteiger partial charge >= 0.3 is 0 Å². The highest BCUT2D eigenvalue weighted by Gasteiger charge is 2.16. The highest BCUT2D eigenvalue weighted by atomic mass is 16.3. The molecule has 2 rings (SSSR count). The number of hydrogen-bond donors (Lipinski definition) is 1. The van der Waals surface area contributed by atoms with Crippen LogP contribution in [0.5, 0.6) is 0 Å². The van der Waals surface area contributed by atoms with Crippen molar-refractivity contribution >= 4 is 0 Å². The number of furan rings is 1. The molecule has 0 saturated heterocycles. The van der Waals surface area contributed by atoms with Crippen molar-refractivity contribution in [2.24, 2.45) is 7.05 Å². The minimum Gasteiger partial charge on any atom is -0.468 e. The fourth-order valence-electron chi connectivity index (χ4n) is 2.03. The Bertz CT molecular complexity index is 473. The quantitative estimate of drug-likeness (QED) is 0.883. The van der Waals surface area contributed by atoms with E-state index in [0.717, 1.165) is 5.76 Å². The maximum atomic E-state index is 5.38. The molecule has 2 atom stereocenters. The molecule has 2 aromatic heterocycles. The van der Waals surface area contributed by atoms with Gasteiger partial charge in [0.2, 0.25) is 0 Å². The van der Waals surface area contributed by atoms with Crippen LogP contribution in [0.3, 0.4) is 0 Å². The Labute approximate surface area is 102 Å². The second kappa shape index (κ2) is 4.75. The van der Waals surface area contributed by atoms with Crippen LogP contribution in [0.15, 0.2) is 29.0 Å². The molecule has 0 bridgehead atoms. The molecule has 2 heterocycles. The van der Waals surface area contributed by atoms with E-state index in [1.807, 2.05) is 30.1 Å². The Hall–Kier alpha value is -1.55. The zero-order chi connectivity index (χ0) is 12.4. The van der Waals surface area contributed by atoms with Gasteiger partial charge in [0, 0.05) is 24.3 Å². The van der Waals surface area contributed by atoms with E-state index < -0.39 is 0 Å². The van der Waals surface area contributed by atoms with Gasteiger partial charge in [-0.3, -0.25) is 4.68 Å². The third-order valence-electron chi connectivity index (χ3n) is 3.21. The average Bonchev–Trinajstić information content (AvgIpc) is 2.90. The summed E-state index contributed by atoms with van der Waals surface area (Å²) in [7, 11) is 1.96. The van der Waals surface area contributed by atoms with Crippen molar-refractivity contribution in [3.05, 3.63) is 41.6 Å². The molecule has 0 aliphatic carbocycles. The molecule has 0 fully saturated rings. The largest absolute Gasteiger partial charge is 0.468 e. The molecule has 0 spiro atoms. The fourth-order valence-corrected chi connectivity index (χ4v) is 2.03. The van der Waals surface area contributed by atoms with E-state index >= 15 is 0 Å². The first-order valence-electron chi connectivity index (χ1n) is 5.87. The van der Waals surface area contributed by atoms with E-state index in [4.69, 9.17) is 4.42 Å². The summed E-state index contributed by atoms with van der Waals surface area (Å²) in [6.07, 6.45) is 3.62. The number of aromatic nitrogens is 2. The van der Waals surface area contributed by atoms with Gasteiger partial charge in [0.1, 0.15) is 5.76 Å². The maximum absolute atomic E-state index is 5.38. The molecule has 0 radical (unpaired) electrons. The van der Waals surface area contributed by atoms with Crippen LogP contribution in [0.4, 0.5) is 0 Å². The molecule has 2 aromatic rings. The van der Waals surface area contributed by atoms with Crippen LogP contribution in [-0.2, 0) is 7.05 Å². The normalized spacial score (nSPS) is 14.8. The van der Waals surface area contributed by atoms with Gasteiger partial charge in [0.15, 0.2) is 0 Å². The van der Waals surface area contributed by atoms with Gasteiger partial charge in [0.25, 0.3) is 0 Å². The predicted octanol–water partition coefficient (Wildman–Crippen LogP) is 2.73. The third kappa shape index (κ3) is 2.42. The predicted molar refractivity (Wildman–Crippen MR) is 66.6 cm³/mol. The molecular formula is C13H19N3O. The van der Waals surface area contributed by atoms with Crippen molar-refractivity contribution < 1.29 is 4.42 Å². The van der Waals surface area contributed by atoms with E-state index in [2.05, 4.69) is 31.2 Å². The molecule has 0 amide bonds. The van der Waals surface area contributed by atoms with Crippen LogP contribution in [0.1, 0.15) is 42.9 Å². The monoisotopic (exact) mass is 233 g/mol. The van der Waals surface area contributed by atoms with Crippen LogP contribution >= 0.6 is 0 Å². The van der Waals surface area contributed by atoms with Crippen molar-refractivity contribution in [3.63, 3.8) is 0 Å². The van der Waals surface area contributed by atoms with E-state index in [1.165, 1.54) is 11.3 Å². The van der Waals surface area contributed by atoms with Gasteiger partial charge in [-0.2, -0.15) is 5.10 Å². The molecule has 2 unspecified atom stereocenters. The minimum absolute atomic E-state index is 0.194. The lowest BCUT2D eigenvalue weighted by molar-refractivity contribution is 0.402. The topological polar surface area (TPSA) is 43.0 Å². The molecule has 0 saturated carbocycles. The van der Waals surface area contributed by atoms with Crippen molar-refractivity contribution in [1.29, 1.82) is 0 Å². The summed E-state index contributed by atoms with van der Waals surface area (Å²) >= 11 is 0. The summed E-state index contributed by atoms with van der Waals surface area (Å²) in [4.78, 5) is 0. The van der Waals surface area contributed by atoms with Gasteiger partial charge in [-0.05, 0) is 32.9 Å². The molecule has 1 N–H and O–H groups in total. The Morgan fingerprint density at radius 1 is 1.35 bits per heavy atom. The van der Waals surface area contributed by atoms with Gasteiger partial charge in [-0.15, -0.1) is 0 Å². The second-order valence-corrected chi connectivity index (χ2v) is 4.43. The summed E-state index contributed by atoms with van der Waals surface area (Å²) in [5.41, 5.74) is 2.42. The highest BCUT2D eigenvalue weighted by molar-refractivity contribution is 5.20. The number of nitrogens with zero attached hydrogens (tertiary/aromatic N) is 2. The summed E-state index contributed by atoms with van der Waals surface area (Å²) in [5, 5.41) is 7.77.